The third-order valence-corrected chi connectivity index (χ3v) is 3.07. The Morgan fingerprint density at radius 1 is 1.20 bits per heavy atom. The fourth-order valence-electron chi connectivity index (χ4n) is 1.75. The van der Waals surface area contributed by atoms with Gasteiger partial charge in [-0.3, -0.25) is 0 Å². The van der Waals surface area contributed by atoms with Crippen LogP contribution in [0.2, 0.25) is 0 Å². The average molecular weight is 200 g/mol. The molecule has 0 nitrogen and oxygen atoms in total. The molecule has 2 unspecified atom stereocenters. The molecule has 80 valence electrons. The highest BCUT2D eigenvalue weighted by Crippen LogP contribution is 2.21. The van der Waals surface area contributed by atoms with Gasteiger partial charge in [-0.25, -0.2) is 0 Å². The van der Waals surface area contributed by atoms with Crippen molar-refractivity contribution in [2.24, 2.45) is 11.8 Å². The van der Waals surface area contributed by atoms with E-state index in [9.17, 15) is 0 Å². The van der Waals surface area contributed by atoms with Gasteiger partial charge in [0.2, 0.25) is 0 Å². The summed E-state index contributed by atoms with van der Waals surface area (Å²) in [5, 5.41) is 0. The van der Waals surface area contributed by atoms with Crippen molar-refractivity contribution >= 4 is 0 Å². The van der Waals surface area contributed by atoms with Crippen molar-refractivity contribution in [3.63, 3.8) is 0 Å². The number of allylic oxidation sites excluding steroid dienone is 2. The standard InChI is InChI=1S/C15H20/c1-5-12(3)14(6-2)11-15-10-8-7-9-13(15)4/h5-10,12,14H,1-2,11H2,3-4H3. The smallest absolute Gasteiger partial charge is 0.0135 e. The molecule has 0 heterocycles. The molecule has 0 bridgehead atoms. The van der Waals surface area contributed by atoms with Gasteiger partial charge >= 0.3 is 0 Å². The molecule has 0 saturated heterocycles. The summed E-state index contributed by atoms with van der Waals surface area (Å²) in [5.74, 6) is 0.978. The van der Waals surface area contributed by atoms with E-state index in [1.165, 1.54) is 11.1 Å². The topological polar surface area (TPSA) is 0 Å². The summed E-state index contributed by atoms with van der Waals surface area (Å²) in [4.78, 5) is 0. The molecule has 0 saturated carbocycles. The highest BCUT2D eigenvalue weighted by atomic mass is 14.2. The second-order valence-electron chi connectivity index (χ2n) is 4.12. The van der Waals surface area contributed by atoms with Gasteiger partial charge in [0.1, 0.15) is 0 Å². The van der Waals surface area contributed by atoms with E-state index in [-0.39, 0.29) is 0 Å². The molecule has 0 aliphatic heterocycles. The molecule has 0 fully saturated rings. The van der Waals surface area contributed by atoms with Crippen LogP contribution in [0.1, 0.15) is 18.1 Å². The lowest BCUT2D eigenvalue weighted by Crippen LogP contribution is -2.10. The Bertz CT molecular complexity index is 336. The van der Waals surface area contributed by atoms with Crippen LogP contribution in [0.15, 0.2) is 49.6 Å². The van der Waals surface area contributed by atoms with Crippen molar-refractivity contribution in [3.05, 3.63) is 60.7 Å². The van der Waals surface area contributed by atoms with E-state index in [0.29, 0.717) is 11.8 Å². The highest BCUT2D eigenvalue weighted by Gasteiger charge is 2.12. The van der Waals surface area contributed by atoms with Crippen molar-refractivity contribution in [1.29, 1.82) is 0 Å². The summed E-state index contributed by atoms with van der Waals surface area (Å²) in [6, 6.07) is 8.54. The van der Waals surface area contributed by atoms with E-state index >= 15 is 0 Å². The second-order valence-corrected chi connectivity index (χ2v) is 4.12. The van der Waals surface area contributed by atoms with Gasteiger partial charge in [0.25, 0.3) is 0 Å². The predicted molar refractivity (Wildman–Crippen MR) is 67.9 cm³/mol. The summed E-state index contributed by atoms with van der Waals surface area (Å²) in [7, 11) is 0. The van der Waals surface area contributed by atoms with Crippen molar-refractivity contribution < 1.29 is 0 Å². The minimum atomic E-state index is 0.488. The Labute approximate surface area is 93.3 Å². The van der Waals surface area contributed by atoms with E-state index in [1.54, 1.807) is 0 Å². The fraction of sp³-hybridized carbons (Fsp3) is 0.333. The number of benzene rings is 1. The van der Waals surface area contributed by atoms with Crippen LogP contribution in [0.25, 0.3) is 0 Å². The van der Waals surface area contributed by atoms with Gasteiger partial charge in [-0.2, -0.15) is 0 Å². The molecule has 0 aliphatic carbocycles. The van der Waals surface area contributed by atoms with E-state index in [0.717, 1.165) is 6.42 Å². The van der Waals surface area contributed by atoms with Crippen molar-refractivity contribution in [2.45, 2.75) is 20.3 Å². The van der Waals surface area contributed by atoms with Crippen molar-refractivity contribution in [3.8, 4) is 0 Å². The lowest BCUT2D eigenvalue weighted by molar-refractivity contribution is 0.510. The van der Waals surface area contributed by atoms with Gasteiger partial charge in [0.15, 0.2) is 0 Å². The lowest BCUT2D eigenvalue weighted by Gasteiger charge is -2.18. The first-order chi connectivity index (χ1) is 7.19. The second kappa shape index (κ2) is 5.55. The molecule has 0 N–H and O–H groups in total. The minimum Gasteiger partial charge on any atom is -0.103 e. The number of aryl methyl sites for hydroxylation is 1. The molecule has 1 rings (SSSR count). The van der Waals surface area contributed by atoms with Gasteiger partial charge in [-0.15, -0.1) is 13.2 Å². The van der Waals surface area contributed by atoms with Crippen LogP contribution in [-0.4, -0.2) is 0 Å². The molecule has 0 amide bonds. The van der Waals surface area contributed by atoms with Crippen LogP contribution >= 0.6 is 0 Å². The molecule has 0 aromatic heterocycles. The average Bonchev–Trinajstić information content (AvgIpc) is 2.27. The fourth-order valence-corrected chi connectivity index (χ4v) is 1.75. The molecule has 0 radical (unpaired) electrons. The maximum Gasteiger partial charge on any atom is -0.0135 e. The predicted octanol–water partition coefficient (Wildman–Crippen LogP) is 4.16. The van der Waals surface area contributed by atoms with Gasteiger partial charge in [-0.1, -0.05) is 43.3 Å². The Morgan fingerprint density at radius 3 is 2.40 bits per heavy atom. The quantitative estimate of drug-likeness (QED) is 0.626. The van der Waals surface area contributed by atoms with Gasteiger partial charge in [0.05, 0.1) is 0 Å². The largest absolute Gasteiger partial charge is 0.103 e. The summed E-state index contributed by atoms with van der Waals surface area (Å²) in [5.41, 5.74) is 2.77. The van der Waals surface area contributed by atoms with Gasteiger partial charge in [-0.05, 0) is 36.3 Å². The van der Waals surface area contributed by atoms with Crippen LogP contribution in [0, 0.1) is 18.8 Å². The third kappa shape index (κ3) is 3.09. The number of hydrogen-bond acceptors (Lipinski definition) is 0. The van der Waals surface area contributed by atoms with E-state index in [4.69, 9.17) is 0 Å². The zero-order valence-electron chi connectivity index (χ0n) is 9.74. The Morgan fingerprint density at radius 2 is 1.87 bits per heavy atom. The van der Waals surface area contributed by atoms with Gasteiger partial charge in [0, 0.05) is 0 Å². The first-order valence-corrected chi connectivity index (χ1v) is 5.48. The Balaban J connectivity index is 2.79. The normalized spacial score (nSPS) is 14.3. The number of rotatable bonds is 5. The van der Waals surface area contributed by atoms with Crippen LogP contribution < -0.4 is 0 Å². The van der Waals surface area contributed by atoms with Crippen LogP contribution in [0.3, 0.4) is 0 Å². The summed E-state index contributed by atoms with van der Waals surface area (Å²) >= 11 is 0. The van der Waals surface area contributed by atoms with E-state index in [1.807, 2.05) is 12.2 Å². The molecule has 15 heavy (non-hydrogen) atoms. The first-order valence-electron chi connectivity index (χ1n) is 5.48. The molecule has 0 aliphatic rings. The van der Waals surface area contributed by atoms with Crippen molar-refractivity contribution in [2.75, 3.05) is 0 Å². The zero-order chi connectivity index (χ0) is 11.3. The minimum absolute atomic E-state index is 0.488. The van der Waals surface area contributed by atoms with E-state index in [2.05, 4.69) is 51.3 Å². The molecule has 2 atom stereocenters. The number of hydrogen-bond donors (Lipinski definition) is 0. The molecule has 0 spiro atoms. The third-order valence-electron chi connectivity index (χ3n) is 3.07. The maximum absolute atomic E-state index is 3.91. The Hall–Kier alpha value is -1.30. The Kier molecular flexibility index (Phi) is 4.36. The highest BCUT2D eigenvalue weighted by molar-refractivity contribution is 5.26. The molecule has 1 aromatic carbocycles. The van der Waals surface area contributed by atoms with Crippen LogP contribution in [0.5, 0.6) is 0 Å². The lowest BCUT2D eigenvalue weighted by atomic mass is 9.87. The molecule has 1 aromatic rings. The monoisotopic (exact) mass is 200 g/mol. The summed E-state index contributed by atoms with van der Waals surface area (Å²) in [6.07, 6.45) is 5.10. The SMILES string of the molecule is C=CC(C)C(C=C)Cc1ccccc1C. The molecular formula is C15H20. The van der Waals surface area contributed by atoms with Gasteiger partial charge < -0.3 is 0 Å². The van der Waals surface area contributed by atoms with Crippen molar-refractivity contribution in [1.82, 2.24) is 0 Å². The summed E-state index contributed by atoms with van der Waals surface area (Å²) in [6.45, 7) is 12.1. The van der Waals surface area contributed by atoms with Crippen LogP contribution in [-0.2, 0) is 6.42 Å². The maximum atomic E-state index is 3.91. The van der Waals surface area contributed by atoms with Crippen LogP contribution in [0.4, 0.5) is 0 Å². The molecular weight excluding hydrogens is 180 g/mol. The van der Waals surface area contributed by atoms with E-state index < -0.39 is 0 Å². The summed E-state index contributed by atoms with van der Waals surface area (Å²) < 4.78 is 0. The molecule has 0 heteroatoms. The first kappa shape index (κ1) is 11.8. The zero-order valence-corrected chi connectivity index (χ0v) is 9.74.